The molecule has 1 fully saturated rings. The largest absolute Gasteiger partial charge is 0.327 e. The predicted molar refractivity (Wildman–Crippen MR) is 107 cm³/mol. The molecule has 2 aromatic rings. The number of carbonyl (C=O) groups excluding carboxylic acids is 2. The molecule has 0 saturated carbocycles. The van der Waals surface area contributed by atoms with Crippen LogP contribution in [0.5, 0.6) is 0 Å². The van der Waals surface area contributed by atoms with Gasteiger partial charge in [-0.2, -0.15) is 0 Å². The number of non-ortho nitro benzene ring substituents is 1. The van der Waals surface area contributed by atoms with E-state index >= 15 is 0 Å². The number of nitro benzene ring substituents is 1. The van der Waals surface area contributed by atoms with Crippen LogP contribution in [-0.2, 0) is 4.79 Å². The number of nitro groups is 1. The summed E-state index contributed by atoms with van der Waals surface area (Å²) in [7, 11) is 0. The van der Waals surface area contributed by atoms with E-state index in [1.54, 1.807) is 19.1 Å². The molecule has 0 aliphatic carbocycles. The molecule has 2 amide bonds. The third-order valence-electron chi connectivity index (χ3n) is 4.66. The number of hydrogen-bond donors (Lipinski definition) is 1. The van der Waals surface area contributed by atoms with Gasteiger partial charge in [-0.05, 0) is 43.5 Å². The van der Waals surface area contributed by atoms with Crippen molar-refractivity contribution >= 4 is 46.4 Å². The summed E-state index contributed by atoms with van der Waals surface area (Å²) in [4.78, 5) is 37.6. The summed E-state index contributed by atoms with van der Waals surface area (Å²) in [6.07, 6.45) is 1.15. The zero-order chi connectivity index (χ0) is 20.4. The number of aryl methyl sites for hydroxylation is 1. The van der Waals surface area contributed by atoms with Gasteiger partial charge in [0.1, 0.15) is 6.04 Å². The molecule has 1 N–H and O–H groups in total. The molecule has 1 heterocycles. The molecule has 0 unspecified atom stereocenters. The Hall–Kier alpha value is -2.64. The second kappa shape index (κ2) is 8.16. The van der Waals surface area contributed by atoms with Gasteiger partial charge in [-0.25, -0.2) is 0 Å². The first kappa shape index (κ1) is 20.1. The number of benzene rings is 2. The number of rotatable bonds is 4. The van der Waals surface area contributed by atoms with E-state index in [4.69, 9.17) is 23.2 Å². The fourth-order valence-electron chi connectivity index (χ4n) is 3.17. The van der Waals surface area contributed by atoms with E-state index in [1.807, 2.05) is 0 Å². The number of anilines is 1. The minimum absolute atomic E-state index is 0.119. The smallest absolute Gasteiger partial charge is 0.271 e. The number of nitrogens with zero attached hydrogens (tertiary/aromatic N) is 2. The lowest BCUT2D eigenvalue weighted by molar-refractivity contribution is -0.384. The van der Waals surface area contributed by atoms with Gasteiger partial charge >= 0.3 is 0 Å². The Morgan fingerprint density at radius 3 is 2.68 bits per heavy atom. The molecule has 1 saturated heterocycles. The summed E-state index contributed by atoms with van der Waals surface area (Å²) in [5.74, 6) is -0.770. The zero-order valence-corrected chi connectivity index (χ0v) is 16.5. The van der Waals surface area contributed by atoms with Gasteiger partial charge in [-0.3, -0.25) is 19.7 Å². The lowest BCUT2D eigenvalue weighted by atomic mass is 10.1. The second-order valence-corrected chi connectivity index (χ2v) is 7.37. The summed E-state index contributed by atoms with van der Waals surface area (Å²) in [5.41, 5.74) is 1.15. The molecule has 2 aromatic carbocycles. The van der Waals surface area contributed by atoms with Gasteiger partial charge in [0.25, 0.3) is 11.6 Å². The molecule has 0 radical (unpaired) electrons. The van der Waals surface area contributed by atoms with Gasteiger partial charge in [-0.1, -0.05) is 29.3 Å². The molecular weight excluding hydrogens is 405 g/mol. The summed E-state index contributed by atoms with van der Waals surface area (Å²) >= 11 is 12.1. The van der Waals surface area contributed by atoms with E-state index < -0.39 is 16.9 Å². The topological polar surface area (TPSA) is 92.6 Å². The highest BCUT2D eigenvalue weighted by molar-refractivity contribution is 6.35. The molecular formula is C19H17Cl2N3O4. The maximum atomic E-state index is 12.9. The number of halogens is 2. The molecule has 7 nitrogen and oxygen atoms in total. The van der Waals surface area contributed by atoms with E-state index in [-0.39, 0.29) is 22.2 Å². The standard InChI is InChI=1S/C19H17Cl2N3O4/c1-11-4-6-13(24(27)28)10-16(11)22-18(25)17-3-2-8-23(17)19(26)14-9-12(20)5-7-15(14)21/h4-7,9-10,17H,2-3,8H2,1H3,(H,22,25)/t17-/m0/s1. The van der Waals surface area contributed by atoms with Crippen molar-refractivity contribution in [1.29, 1.82) is 0 Å². The van der Waals surface area contributed by atoms with Crippen LogP contribution in [0.3, 0.4) is 0 Å². The first-order valence-electron chi connectivity index (χ1n) is 8.60. The molecule has 3 rings (SSSR count). The van der Waals surface area contributed by atoms with E-state index in [1.165, 1.54) is 29.2 Å². The summed E-state index contributed by atoms with van der Waals surface area (Å²) in [5, 5.41) is 14.3. The summed E-state index contributed by atoms with van der Waals surface area (Å²) in [6.45, 7) is 2.15. The van der Waals surface area contributed by atoms with Crippen LogP contribution >= 0.6 is 23.2 Å². The molecule has 1 aliphatic rings. The first-order valence-corrected chi connectivity index (χ1v) is 9.35. The lowest BCUT2D eigenvalue weighted by Crippen LogP contribution is -2.43. The molecule has 28 heavy (non-hydrogen) atoms. The van der Waals surface area contributed by atoms with Gasteiger partial charge in [0.05, 0.1) is 21.2 Å². The van der Waals surface area contributed by atoms with Crippen LogP contribution in [0.25, 0.3) is 0 Å². The molecule has 146 valence electrons. The quantitative estimate of drug-likeness (QED) is 0.582. The van der Waals surface area contributed by atoms with Crippen molar-refractivity contribution in [1.82, 2.24) is 4.90 Å². The average molecular weight is 422 g/mol. The van der Waals surface area contributed by atoms with Crippen molar-refractivity contribution in [3.63, 3.8) is 0 Å². The Labute approximate surface area is 171 Å². The fraction of sp³-hybridized carbons (Fsp3) is 0.263. The van der Waals surface area contributed by atoms with Crippen LogP contribution in [0.15, 0.2) is 36.4 Å². The van der Waals surface area contributed by atoms with Crippen LogP contribution in [-0.4, -0.2) is 34.2 Å². The summed E-state index contributed by atoms with van der Waals surface area (Å²) in [6, 6.07) is 8.15. The number of likely N-dealkylation sites (tertiary alicyclic amines) is 1. The lowest BCUT2D eigenvalue weighted by Gasteiger charge is -2.24. The van der Waals surface area contributed by atoms with Crippen molar-refractivity contribution in [2.75, 3.05) is 11.9 Å². The third-order valence-corrected chi connectivity index (χ3v) is 5.23. The maximum Gasteiger partial charge on any atom is 0.271 e. The molecule has 1 atom stereocenters. The van der Waals surface area contributed by atoms with Crippen molar-refractivity contribution in [2.24, 2.45) is 0 Å². The van der Waals surface area contributed by atoms with Gasteiger partial charge in [-0.15, -0.1) is 0 Å². The molecule has 0 spiro atoms. The van der Waals surface area contributed by atoms with Crippen LogP contribution in [0.4, 0.5) is 11.4 Å². The second-order valence-electron chi connectivity index (χ2n) is 6.53. The molecule has 1 aliphatic heterocycles. The Morgan fingerprint density at radius 1 is 1.21 bits per heavy atom. The number of nitrogens with one attached hydrogen (secondary N) is 1. The fourth-order valence-corrected chi connectivity index (χ4v) is 3.54. The van der Waals surface area contributed by atoms with Crippen LogP contribution in [0, 0.1) is 17.0 Å². The van der Waals surface area contributed by atoms with E-state index in [0.717, 1.165) is 0 Å². The van der Waals surface area contributed by atoms with Crippen molar-refractivity contribution < 1.29 is 14.5 Å². The highest BCUT2D eigenvalue weighted by atomic mass is 35.5. The van der Waals surface area contributed by atoms with E-state index in [9.17, 15) is 19.7 Å². The maximum absolute atomic E-state index is 12.9. The number of carbonyl (C=O) groups is 2. The first-order chi connectivity index (χ1) is 13.3. The minimum atomic E-state index is -0.693. The normalized spacial score (nSPS) is 16.1. The van der Waals surface area contributed by atoms with E-state index in [2.05, 4.69) is 5.32 Å². The Bertz CT molecular complexity index is 964. The van der Waals surface area contributed by atoms with Gasteiger partial charge in [0.15, 0.2) is 0 Å². The van der Waals surface area contributed by atoms with Gasteiger partial charge < -0.3 is 10.2 Å². The predicted octanol–water partition coefficient (Wildman–Crippen LogP) is 4.45. The zero-order valence-electron chi connectivity index (χ0n) is 14.9. The van der Waals surface area contributed by atoms with Crippen molar-refractivity contribution in [3.8, 4) is 0 Å². The summed E-state index contributed by atoms with van der Waals surface area (Å²) < 4.78 is 0. The SMILES string of the molecule is Cc1ccc([N+](=O)[O-])cc1NC(=O)[C@@H]1CCCN1C(=O)c1cc(Cl)ccc1Cl. The van der Waals surface area contributed by atoms with Crippen LogP contribution < -0.4 is 5.32 Å². The Kier molecular flexibility index (Phi) is 5.86. The minimum Gasteiger partial charge on any atom is -0.327 e. The molecule has 9 heteroatoms. The highest BCUT2D eigenvalue weighted by Crippen LogP contribution is 2.28. The average Bonchev–Trinajstić information content (AvgIpc) is 3.14. The Balaban J connectivity index is 1.82. The van der Waals surface area contributed by atoms with Crippen molar-refractivity contribution in [2.45, 2.75) is 25.8 Å². The third kappa shape index (κ3) is 4.10. The van der Waals surface area contributed by atoms with Crippen LogP contribution in [0.1, 0.15) is 28.8 Å². The van der Waals surface area contributed by atoms with Gasteiger partial charge in [0, 0.05) is 23.7 Å². The highest BCUT2D eigenvalue weighted by Gasteiger charge is 2.35. The molecule has 0 bridgehead atoms. The number of hydrogen-bond acceptors (Lipinski definition) is 4. The van der Waals surface area contributed by atoms with Crippen molar-refractivity contribution in [3.05, 3.63) is 67.7 Å². The van der Waals surface area contributed by atoms with Gasteiger partial charge in [0.2, 0.25) is 5.91 Å². The number of amides is 2. The van der Waals surface area contributed by atoms with E-state index in [0.29, 0.717) is 35.7 Å². The molecule has 0 aromatic heterocycles. The van der Waals surface area contributed by atoms with Crippen LogP contribution in [0.2, 0.25) is 10.0 Å². The Morgan fingerprint density at radius 2 is 1.96 bits per heavy atom. The monoisotopic (exact) mass is 421 g/mol.